The lowest BCUT2D eigenvalue weighted by molar-refractivity contribution is -0.122. The van der Waals surface area contributed by atoms with E-state index in [1.165, 1.54) is 0 Å². The molecule has 1 saturated heterocycles. The molecular formula is C18H22N2O3S2. The number of aromatic nitrogens is 1. The van der Waals surface area contributed by atoms with Gasteiger partial charge in [-0.05, 0) is 18.4 Å². The van der Waals surface area contributed by atoms with Crippen molar-refractivity contribution in [2.75, 3.05) is 24.7 Å². The zero-order chi connectivity index (χ0) is 17.4. The molecule has 25 heavy (non-hydrogen) atoms. The number of hydrogen-bond donors (Lipinski definition) is 4. The van der Waals surface area contributed by atoms with Crippen molar-refractivity contribution in [2.24, 2.45) is 5.92 Å². The summed E-state index contributed by atoms with van der Waals surface area (Å²) in [4.78, 5) is 15.8. The molecule has 0 radical (unpaired) electrons. The summed E-state index contributed by atoms with van der Waals surface area (Å²) in [6.07, 6.45) is 0.391. The van der Waals surface area contributed by atoms with Gasteiger partial charge in [0.2, 0.25) is 5.91 Å². The third kappa shape index (κ3) is 2.87. The fraction of sp³-hybridized carbons (Fsp3) is 0.500. The summed E-state index contributed by atoms with van der Waals surface area (Å²) in [5, 5.41) is 23.6. The van der Waals surface area contributed by atoms with Crippen molar-refractivity contribution in [2.45, 2.75) is 23.0 Å². The van der Waals surface area contributed by atoms with Crippen LogP contribution in [0.4, 0.5) is 0 Å². The number of amides is 1. The zero-order valence-electron chi connectivity index (χ0n) is 13.8. The molecule has 0 saturated carbocycles. The van der Waals surface area contributed by atoms with Crippen LogP contribution in [-0.4, -0.2) is 45.8 Å². The van der Waals surface area contributed by atoms with Gasteiger partial charge in [-0.1, -0.05) is 18.2 Å². The number of para-hydroxylation sites is 1. The van der Waals surface area contributed by atoms with Crippen molar-refractivity contribution in [1.82, 2.24) is 10.3 Å². The van der Waals surface area contributed by atoms with E-state index in [2.05, 4.69) is 16.4 Å². The molecule has 2 aromatic rings. The van der Waals surface area contributed by atoms with E-state index in [0.717, 1.165) is 33.7 Å². The molecule has 134 valence electrons. The van der Waals surface area contributed by atoms with Crippen molar-refractivity contribution in [1.29, 1.82) is 0 Å². The lowest BCUT2D eigenvalue weighted by Gasteiger charge is -2.41. The van der Waals surface area contributed by atoms with E-state index in [-0.39, 0.29) is 29.1 Å². The van der Waals surface area contributed by atoms with Crippen LogP contribution >= 0.6 is 23.5 Å². The molecule has 4 rings (SSSR count). The third-order valence-corrected chi connectivity index (χ3v) is 8.77. The van der Waals surface area contributed by atoms with Gasteiger partial charge in [-0.15, -0.1) is 23.5 Å². The van der Waals surface area contributed by atoms with Crippen LogP contribution in [0.15, 0.2) is 24.3 Å². The Morgan fingerprint density at radius 2 is 2.08 bits per heavy atom. The Morgan fingerprint density at radius 1 is 1.32 bits per heavy atom. The Morgan fingerprint density at radius 3 is 2.84 bits per heavy atom. The zero-order valence-corrected chi connectivity index (χ0v) is 15.5. The highest BCUT2D eigenvalue weighted by molar-refractivity contribution is 8.20. The quantitative estimate of drug-likeness (QED) is 0.656. The largest absolute Gasteiger partial charge is 0.395 e. The molecule has 2 aliphatic rings. The van der Waals surface area contributed by atoms with Crippen LogP contribution in [0.25, 0.3) is 10.9 Å². The third-order valence-electron chi connectivity index (χ3n) is 5.06. The summed E-state index contributed by atoms with van der Waals surface area (Å²) in [5.41, 5.74) is 3.13. The van der Waals surface area contributed by atoms with Crippen molar-refractivity contribution in [3.05, 3.63) is 35.5 Å². The molecule has 5 nitrogen and oxygen atoms in total. The van der Waals surface area contributed by atoms with Crippen LogP contribution in [0.3, 0.4) is 0 Å². The molecule has 2 heterocycles. The monoisotopic (exact) mass is 378 g/mol. The molecule has 0 bridgehead atoms. The van der Waals surface area contributed by atoms with E-state index < -0.39 is 6.10 Å². The van der Waals surface area contributed by atoms with Gasteiger partial charge in [-0.2, -0.15) is 0 Å². The minimum Gasteiger partial charge on any atom is -0.395 e. The molecule has 1 amide bonds. The van der Waals surface area contributed by atoms with Gasteiger partial charge < -0.3 is 20.5 Å². The van der Waals surface area contributed by atoms with Gasteiger partial charge in [-0.25, -0.2) is 0 Å². The molecule has 1 spiro atoms. The number of nitrogens with one attached hydrogen (secondary N) is 2. The number of thioether (sulfide) groups is 2. The number of hydrogen-bond acceptors (Lipinski definition) is 5. The number of rotatable bonds is 4. The summed E-state index contributed by atoms with van der Waals surface area (Å²) in [7, 11) is 0. The van der Waals surface area contributed by atoms with Gasteiger partial charge in [0.1, 0.15) is 4.08 Å². The number of fused-ring (bicyclic) bond motifs is 4. The summed E-state index contributed by atoms with van der Waals surface area (Å²) in [6.45, 7) is 0.221. The van der Waals surface area contributed by atoms with Crippen LogP contribution in [0.1, 0.15) is 30.2 Å². The second-order valence-corrected chi connectivity index (χ2v) is 9.49. The molecule has 4 N–H and O–H groups in total. The predicted octanol–water partition coefficient (Wildman–Crippen LogP) is 2.35. The van der Waals surface area contributed by atoms with Gasteiger partial charge in [0.25, 0.3) is 0 Å². The standard InChI is InChI=1S/C18H22N2O3S2/c21-6-5-19-15(23)10-11-9-14(22)16-12-3-1-2-4-13(12)20-17(16)18(11)24-7-8-25-18/h1-4,11,14,20-22H,5-10H2,(H,19,23). The highest BCUT2D eigenvalue weighted by Gasteiger charge is 2.52. The molecule has 1 aromatic carbocycles. The topological polar surface area (TPSA) is 85.3 Å². The van der Waals surface area contributed by atoms with Crippen LogP contribution in [0.5, 0.6) is 0 Å². The number of aromatic amines is 1. The van der Waals surface area contributed by atoms with E-state index in [0.29, 0.717) is 12.8 Å². The second kappa shape index (κ2) is 6.87. The summed E-state index contributed by atoms with van der Waals surface area (Å²) in [6, 6.07) is 8.10. The molecular weight excluding hydrogens is 356 g/mol. The maximum Gasteiger partial charge on any atom is 0.220 e. The minimum absolute atomic E-state index is 0.0549. The predicted molar refractivity (Wildman–Crippen MR) is 103 cm³/mol. The lowest BCUT2D eigenvalue weighted by atomic mass is 9.81. The number of carbonyl (C=O) groups excluding carboxylic acids is 1. The number of carbonyl (C=O) groups is 1. The van der Waals surface area contributed by atoms with E-state index >= 15 is 0 Å². The van der Waals surface area contributed by atoms with Crippen LogP contribution < -0.4 is 5.32 Å². The maximum atomic E-state index is 12.3. The molecule has 1 aliphatic carbocycles. The first-order valence-corrected chi connectivity index (χ1v) is 10.6. The highest BCUT2D eigenvalue weighted by atomic mass is 32.2. The Bertz CT molecular complexity index is 786. The smallest absolute Gasteiger partial charge is 0.220 e. The summed E-state index contributed by atoms with van der Waals surface area (Å²) < 4.78 is -0.204. The first-order chi connectivity index (χ1) is 12.2. The molecule has 7 heteroatoms. The number of aliphatic hydroxyl groups excluding tert-OH is 2. The number of benzene rings is 1. The van der Waals surface area contributed by atoms with Gasteiger partial charge in [0, 0.05) is 46.6 Å². The van der Waals surface area contributed by atoms with E-state index in [1.54, 1.807) is 0 Å². The highest BCUT2D eigenvalue weighted by Crippen LogP contribution is 2.63. The first-order valence-electron chi connectivity index (χ1n) is 8.60. The van der Waals surface area contributed by atoms with Crippen molar-refractivity contribution in [3.8, 4) is 0 Å². The van der Waals surface area contributed by atoms with Gasteiger partial charge >= 0.3 is 0 Å². The fourth-order valence-corrected chi connectivity index (χ4v) is 7.60. The summed E-state index contributed by atoms with van der Waals surface area (Å²) in [5.74, 6) is 2.09. The Balaban J connectivity index is 1.74. The minimum atomic E-state index is -0.561. The van der Waals surface area contributed by atoms with Crippen LogP contribution in [0.2, 0.25) is 0 Å². The molecule has 1 aliphatic heterocycles. The van der Waals surface area contributed by atoms with Crippen molar-refractivity contribution >= 4 is 40.3 Å². The Kier molecular flexibility index (Phi) is 4.75. The van der Waals surface area contributed by atoms with Crippen LogP contribution in [-0.2, 0) is 8.87 Å². The van der Waals surface area contributed by atoms with Gasteiger partial charge in [0.15, 0.2) is 0 Å². The van der Waals surface area contributed by atoms with E-state index in [9.17, 15) is 9.90 Å². The lowest BCUT2D eigenvalue weighted by Crippen LogP contribution is -2.38. The average Bonchev–Trinajstić information content (AvgIpc) is 3.23. The van der Waals surface area contributed by atoms with Crippen LogP contribution in [0, 0.1) is 5.92 Å². The fourth-order valence-electron chi connectivity index (χ4n) is 4.05. The first kappa shape index (κ1) is 17.3. The molecule has 2 unspecified atom stereocenters. The number of H-pyrrole nitrogens is 1. The maximum absolute atomic E-state index is 12.3. The van der Waals surface area contributed by atoms with E-state index in [1.807, 2.05) is 41.7 Å². The molecule has 1 fully saturated rings. The van der Waals surface area contributed by atoms with Crippen molar-refractivity contribution in [3.63, 3.8) is 0 Å². The van der Waals surface area contributed by atoms with Crippen molar-refractivity contribution < 1.29 is 15.0 Å². The van der Waals surface area contributed by atoms with Gasteiger partial charge in [0.05, 0.1) is 12.7 Å². The molecule has 2 atom stereocenters. The number of aliphatic hydroxyl groups is 2. The average molecular weight is 379 g/mol. The van der Waals surface area contributed by atoms with Gasteiger partial charge in [-0.3, -0.25) is 4.79 Å². The Labute approximate surface area is 155 Å². The second-order valence-electron chi connectivity index (χ2n) is 6.55. The van der Waals surface area contributed by atoms with E-state index in [4.69, 9.17) is 5.11 Å². The Hall–Kier alpha value is -1.15. The molecule has 1 aromatic heterocycles. The normalized spacial score (nSPS) is 24.6. The summed E-state index contributed by atoms with van der Waals surface area (Å²) >= 11 is 3.78. The SMILES string of the molecule is O=C(CC1CC(O)c2c([nH]c3ccccc23)C12SCCS2)NCCO.